The second-order valence-electron chi connectivity index (χ2n) is 14.4. The number of benzene rings is 8. The van der Waals surface area contributed by atoms with Crippen molar-refractivity contribution in [3.8, 4) is 51.0 Å². The molecule has 0 aliphatic rings. The molecule has 6 nitrogen and oxygen atoms in total. The van der Waals surface area contributed by atoms with Crippen LogP contribution < -0.4 is 0 Å². The summed E-state index contributed by atoms with van der Waals surface area (Å²) in [6.45, 7) is 0. The Morgan fingerprint density at radius 3 is 1.61 bits per heavy atom. The van der Waals surface area contributed by atoms with Gasteiger partial charge in [0.2, 0.25) is 0 Å². The predicted octanol–water partition coefficient (Wildman–Crippen LogP) is 13.4. The summed E-state index contributed by atoms with van der Waals surface area (Å²) in [5, 5.41) is 6.56. The molecule has 0 saturated heterocycles. The lowest BCUT2D eigenvalue weighted by molar-refractivity contribution is 0.666. The van der Waals surface area contributed by atoms with Crippen molar-refractivity contribution in [2.24, 2.45) is 0 Å². The van der Waals surface area contributed by atoms with Crippen molar-refractivity contribution in [3.63, 3.8) is 0 Å². The van der Waals surface area contributed by atoms with Crippen molar-refractivity contribution in [3.05, 3.63) is 182 Å². The molecule has 0 spiro atoms. The molecule has 12 aromatic rings. The van der Waals surface area contributed by atoms with E-state index in [2.05, 4.69) is 114 Å². The molecule has 57 heavy (non-hydrogen) atoms. The number of nitrogens with zero attached hydrogens (tertiary/aromatic N) is 4. The Bertz CT molecular complexity index is 3450. The van der Waals surface area contributed by atoms with Gasteiger partial charge in [0.15, 0.2) is 23.1 Å². The minimum atomic E-state index is 0.576. The zero-order valence-corrected chi connectivity index (χ0v) is 30.4. The number of para-hydroxylation sites is 2. The van der Waals surface area contributed by atoms with E-state index in [4.69, 9.17) is 23.8 Å². The normalized spacial score (nSPS) is 11.9. The van der Waals surface area contributed by atoms with Gasteiger partial charge < -0.3 is 13.4 Å². The summed E-state index contributed by atoms with van der Waals surface area (Å²) >= 11 is 0. The van der Waals surface area contributed by atoms with E-state index in [1.807, 2.05) is 72.8 Å². The number of furan rings is 2. The Hall–Kier alpha value is -7.83. The summed E-state index contributed by atoms with van der Waals surface area (Å²) in [4.78, 5) is 14.9. The highest BCUT2D eigenvalue weighted by Crippen LogP contribution is 2.43. The van der Waals surface area contributed by atoms with E-state index in [1.165, 1.54) is 0 Å². The molecule has 4 aromatic heterocycles. The Kier molecular flexibility index (Phi) is 6.83. The van der Waals surface area contributed by atoms with Crippen LogP contribution in [0.4, 0.5) is 0 Å². The summed E-state index contributed by atoms with van der Waals surface area (Å²) in [6.07, 6.45) is 0. The first-order valence-corrected chi connectivity index (χ1v) is 19.0. The van der Waals surface area contributed by atoms with Crippen molar-refractivity contribution in [2.75, 3.05) is 0 Å². The minimum absolute atomic E-state index is 0.576. The molecule has 0 unspecified atom stereocenters. The first kappa shape index (κ1) is 31.5. The van der Waals surface area contributed by atoms with Crippen LogP contribution in [0.2, 0.25) is 0 Å². The number of fused-ring (bicyclic) bond motifs is 9. The lowest BCUT2D eigenvalue weighted by atomic mass is 10.0. The second kappa shape index (κ2) is 12.3. The van der Waals surface area contributed by atoms with Gasteiger partial charge >= 0.3 is 0 Å². The number of hydrogen-bond donors (Lipinski definition) is 0. The average molecular weight is 731 g/mol. The van der Waals surface area contributed by atoms with Gasteiger partial charge in [0.25, 0.3) is 0 Å². The largest absolute Gasteiger partial charge is 0.456 e. The Morgan fingerprint density at radius 2 is 0.895 bits per heavy atom. The van der Waals surface area contributed by atoms with Crippen LogP contribution in [-0.2, 0) is 0 Å². The highest BCUT2D eigenvalue weighted by Gasteiger charge is 2.22. The van der Waals surface area contributed by atoms with Crippen LogP contribution in [0.5, 0.6) is 0 Å². The summed E-state index contributed by atoms with van der Waals surface area (Å²) in [5.41, 5.74) is 11.2. The maximum atomic E-state index is 7.01. The molecule has 0 amide bonds. The van der Waals surface area contributed by atoms with E-state index in [9.17, 15) is 0 Å². The maximum Gasteiger partial charge on any atom is 0.164 e. The molecule has 266 valence electrons. The van der Waals surface area contributed by atoms with Gasteiger partial charge in [-0.1, -0.05) is 133 Å². The molecule has 0 fully saturated rings. The van der Waals surface area contributed by atoms with E-state index in [0.717, 1.165) is 99.2 Å². The monoisotopic (exact) mass is 730 g/mol. The van der Waals surface area contributed by atoms with Crippen LogP contribution in [0.1, 0.15) is 0 Å². The van der Waals surface area contributed by atoms with E-state index < -0.39 is 0 Å². The SMILES string of the molecule is c1ccc(-c2cc(-n3c4ccccc4c4cc5c(cc43)oc3ccccc35)c3oc4cc(-c5nc(-c6ccccc6)nc(-c6ccccc6)n5)ccc4c3c2)cc1. The lowest BCUT2D eigenvalue weighted by Gasteiger charge is -2.12. The molecule has 0 radical (unpaired) electrons. The molecular weight excluding hydrogens is 701 g/mol. The molecule has 6 heteroatoms. The van der Waals surface area contributed by atoms with E-state index in [0.29, 0.717) is 17.5 Å². The summed E-state index contributed by atoms with van der Waals surface area (Å²) in [6, 6.07) is 62.7. The Labute approximate surface area is 325 Å². The van der Waals surface area contributed by atoms with Crippen LogP contribution in [0.15, 0.2) is 191 Å². The van der Waals surface area contributed by atoms with E-state index in [1.54, 1.807) is 0 Å². The van der Waals surface area contributed by atoms with Gasteiger partial charge in [0.1, 0.15) is 16.7 Å². The quantitative estimate of drug-likeness (QED) is 0.176. The third-order valence-corrected chi connectivity index (χ3v) is 11.0. The molecule has 8 aromatic carbocycles. The van der Waals surface area contributed by atoms with Crippen molar-refractivity contribution >= 4 is 65.7 Å². The van der Waals surface area contributed by atoms with Gasteiger partial charge in [0, 0.05) is 55.1 Å². The Balaban J connectivity index is 1.12. The van der Waals surface area contributed by atoms with Gasteiger partial charge in [-0.3, -0.25) is 0 Å². The topological polar surface area (TPSA) is 69.9 Å². The lowest BCUT2D eigenvalue weighted by Crippen LogP contribution is -2.00. The smallest absolute Gasteiger partial charge is 0.164 e. The molecule has 0 aliphatic heterocycles. The third-order valence-electron chi connectivity index (χ3n) is 11.0. The highest BCUT2D eigenvalue weighted by molar-refractivity contribution is 6.18. The van der Waals surface area contributed by atoms with Crippen LogP contribution in [-0.4, -0.2) is 19.5 Å². The minimum Gasteiger partial charge on any atom is -0.456 e. The Morgan fingerprint density at radius 1 is 0.316 bits per heavy atom. The summed E-state index contributed by atoms with van der Waals surface area (Å²) in [5.74, 6) is 1.81. The first-order valence-electron chi connectivity index (χ1n) is 19.0. The molecule has 4 heterocycles. The number of hydrogen-bond acceptors (Lipinski definition) is 5. The summed E-state index contributed by atoms with van der Waals surface area (Å²) < 4.78 is 15.8. The standard InChI is InChI=1S/C51H30N4O2/c1-4-14-31(15-5-1)35-26-41-38-25-24-34(51-53-49(32-16-6-2-7-17-32)52-50(54-51)33-18-8-3-9-19-33)28-46(38)57-48(41)44(27-35)55-42-22-12-10-20-36(42)39-29-40-37-21-11-13-23-45(37)56-47(40)30-43(39)55/h1-30H. The zero-order valence-electron chi connectivity index (χ0n) is 30.4. The van der Waals surface area contributed by atoms with Gasteiger partial charge in [-0.2, -0.15) is 0 Å². The number of rotatable bonds is 5. The predicted molar refractivity (Wildman–Crippen MR) is 230 cm³/mol. The van der Waals surface area contributed by atoms with Gasteiger partial charge in [-0.15, -0.1) is 0 Å². The van der Waals surface area contributed by atoms with Crippen molar-refractivity contribution < 1.29 is 8.83 Å². The van der Waals surface area contributed by atoms with Crippen LogP contribution in [0.25, 0.3) is 117 Å². The molecule has 0 aliphatic carbocycles. The van der Waals surface area contributed by atoms with Gasteiger partial charge in [-0.05, 0) is 53.6 Å². The van der Waals surface area contributed by atoms with Crippen LogP contribution in [0, 0.1) is 0 Å². The molecule has 0 saturated carbocycles. The number of aromatic nitrogens is 4. The molecule has 0 bridgehead atoms. The van der Waals surface area contributed by atoms with Crippen molar-refractivity contribution in [1.29, 1.82) is 0 Å². The average Bonchev–Trinajstić information content (AvgIpc) is 3.95. The first-order chi connectivity index (χ1) is 28.2. The molecular formula is C51H30N4O2. The van der Waals surface area contributed by atoms with Gasteiger partial charge in [0.05, 0.1) is 16.7 Å². The van der Waals surface area contributed by atoms with E-state index >= 15 is 0 Å². The van der Waals surface area contributed by atoms with Crippen LogP contribution >= 0.6 is 0 Å². The second-order valence-corrected chi connectivity index (χ2v) is 14.4. The summed E-state index contributed by atoms with van der Waals surface area (Å²) in [7, 11) is 0. The van der Waals surface area contributed by atoms with Crippen molar-refractivity contribution in [2.45, 2.75) is 0 Å². The van der Waals surface area contributed by atoms with Crippen molar-refractivity contribution in [1.82, 2.24) is 19.5 Å². The fourth-order valence-corrected chi connectivity index (χ4v) is 8.35. The van der Waals surface area contributed by atoms with Gasteiger partial charge in [-0.25, -0.2) is 15.0 Å². The highest BCUT2D eigenvalue weighted by atomic mass is 16.3. The molecule has 0 N–H and O–H groups in total. The molecule has 12 rings (SSSR count). The third kappa shape index (κ3) is 5.01. The maximum absolute atomic E-state index is 7.01. The van der Waals surface area contributed by atoms with Crippen LogP contribution in [0.3, 0.4) is 0 Å². The fraction of sp³-hybridized carbons (Fsp3) is 0. The zero-order chi connectivity index (χ0) is 37.5. The molecule has 0 atom stereocenters. The fourth-order valence-electron chi connectivity index (χ4n) is 8.35. The van der Waals surface area contributed by atoms with E-state index in [-0.39, 0.29) is 0 Å².